The van der Waals surface area contributed by atoms with Gasteiger partial charge < -0.3 is 10.2 Å². The van der Waals surface area contributed by atoms with Gasteiger partial charge in [-0.1, -0.05) is 95.1 Å². The minimum atomic E-state index is -4.83. The second kappa shape index (κ2) is 16.0. The largest absolute Gasteiger partial charge is 0.416 e. The van der Waals surface area contributed by atoms with E-state index in [0.29, 0.717) is 26.8 Å². The van der Waals surface area contributed by atoms with Crippen molar-refractivity contribution in [2.24, 2.45) is 0 Å². The molecule has 4 rings (SSSR count). The summed E-state index contributed by atoms with van der Waals surface area (Å²) in [5.41, 5.74) is -0.316. The highest BCUT2D eigenvalue weighted by atomic mass is 79.9. The Bertz CT molecular complexity index is 1830. The molecule has 0 aliphatic heterocycles. The fourth-order valence-corrected chi connectivity index (χ4v) is 7.10. The lowest BCUT2D eigenvalue weighted by Crippen LogP contribution is -2.54. The zero-order valence-corrected chi connectivity index (χ0v) is 29.3. The molecule has 4 aromatic carbocycles. The predicted octanol–water partition coefficient (Wildman–Crippen LogP) is 7.87. The molecule has 4 aromatic rings. The first-order valence-corrected chi connectivity index (χ1v) is 17.6. The van der Waals surface area contributed by atoms with Crippen LogP contribution >= 0.6 is 27.5 Å². The second-order valence-electron chi connectivity index (χ2n) is 11.2. The number of nitrogens with zero attached hydrogens (tertiary/aromatic N) is 2. The Labute approximate surface area is 291 Å². The fraction of sp³-hybridized carbons (Fsp3) is 0.257. The molecule has 0 unspecified atom stereocenters. The number of sulfonamides is 1. The van der Waals surface area contributed by atoms with Crippen LogP contribution in [0.4, 0.5) is 18.9 Å². The molecule has 0 aliphatic carbocycles. The predicted molar refractivity (Wildman–Crippen MR) is 184 cm³/mol. The molecule has 0 bridgehead atoms. The molecule has 7 nitrogen and oxygen atoms in total. The minimum Gasteiger partial charge on any atom is -0.352 e. The molecule has 0 saturated carbocycles. The molecule has 0 aromatic heterocycles. The molecule has 0 radical (unpaired) electrons. The zero-order valence-electron chi connectivity index (χ0n) is 26.1. The van der Waals surface area contributed by atoms with Crippen LogP contribution in [0.3, 0.4) is 0 Å². The standard InChI is InChI=1S/C35H34BrClF3N3O4S/c1-3-24(2)41-34(45)32(20-25-11-6-4-7-12-25)42(22-26-13-10-14-28(36)19-26)33(44)23-43(48(46,47)29-15-8-5-9-16-29)31-21-27(35(38,39)40)17-18-30(31)37/h4-19,21,24,32H,3,20,22-23H2,1-2H3,(H,41,45)/t24-,32+/m0/s1. The van der Waals surface area contributed by atoms with Gasteiger partial charge in [-0.05, 0) is 66.9 Å². The van der Waals surface area contributed by atoms with E-state index in [9.17, 15) is 31.2 Å². The first-order valence-electron chi connectivity index (χ1n) is 15.0. The number of anilines is 1. The van der Waals surface area contributed by atoms with Crippen molar-refractivity contribution in [2.75, 3.05) is 10.8 Å². The van der Waals surface area contributed by atoms with Gasteiger partial charge in [0, 0.05) is 23.5 Å². The molecule has 2 amide bonds. The van der Waals surface area contributed by atoms with Crippen molar-refractivity contribution in [2.45, 2.75) is 56.4 Å². The van der Waals surface area contributed by atoms with Crippen LogP contribution in [0, 0.1) is 0 Å². The van der Waals surface area contributed by atoms with Crippen molar-refractivity contribution in [3.05, 3.63) is 129 Å². The topological polar surface area (TPSA) is 86.8 Å². The lowest BCUT2D eigenvalue weighted by atomic mass is 10.0. The maximum Gasteiger partial charge on any atom is 0.416 e. The lowest BCUT2D eigenvalue weighted by molar-refractivity contribution is -0.140. The molecular weight excluding hydrogens is 731 g/mol. The molecule has 0 spiro atoms. The van der Waals surface area contributed by atoms with Gasteiger partial charge in [-0.15, -0.1) is 0 Å². The highest BCUT2D eigenvalue weighted by molar-refractivity contribution is 9.10. The Morgan fingerprint density at radius 2 is 1.52 bits per heavy atom. The Morgan fingerprint density at radius 1 is 0.896 bits per heavy atom. The van der Waals surface area contributed by atoms with E-state index in [1.807, 2.05) is 19.9 Å². The number of hydrogen-bond donors (Lipinski definition) is 1. The number of hydrogen-bond acceptors (Lipinski definition) is 4. The summed E-state index contributed by atoms with van der Waals surface area (Å²) in [6, 6.07) is 24.0. The first kappa shape index (κ1) is 37.0. The van der Waals surface area contributed by atoms with Gasteiger partial charge in [-0.3, -0.25) is 13.9 Å². The van der Waals surface area contributed by atoms with Crippen molar-refractivity contribution in [1.82, 2.24) is 10.2 Å². The highest BCUT2D eigenvalue weighted by Crippen LogP contribution is 2.37. The van der Waals surface area contributed by atoms with Crippen LogP contribution in [0.1, 0.15) is 37.0 Å². The SMILES string of the molecule is CC[C@H](C)NC(=O)[C@@H](Cc1ccccc1)N(Cc1cccc(Br)c1)C(=O)CN(c1cc(C(F)(F)F)ccc1Cl)S(=O)(=O)c1ccccc1. The van der Waals surface area contributed by atoms with E-state index in [0.717, 1.165) is 17.7 Å². The van der Waals surface area contributed by atoms with Crippen LogP contribution in [0.2, 0.25) is 5.02 Å². The molecule has 0 saturated heterocycles. The number of carbonyl (C=O) groups is 2. The summed E-state index contributed by atoms with van der Waals surface area (Å²) in [5.74, 6) is -1.30. The monoisotopic (exact) mass is 763 g/mol. The Balaban J connectivity index is 1.87. The van der Waals surface area contributed by atoms with E-state index < -0.39 is 51.9 Å². The van der Waals surface area contributed by atoms with Crippen LogP contribution < -0.4 is 9.62 Å². The van der Waals surface area contributed by atoms with Gasteiger partial charge in [0.05, 0.1) is 21.2 Å². The Hall–Kier alpha value is -3.87. The molecular formula is C35H34BrClF3N3O4S. The molecule has 1 N–H and O–H groups in total. The molecule has 0 fully saturated rings. The van der Waals surface area contributed by atoms with E-state index in [1.165, 1.54) is 29.2 Å². The third-order valence-corrected chi connectivity index (χ3v) is 10.3. The number of alkyl halides is 3. The summed E-state index contributed by atoms with van der Waals surface area (Å²) in [5, 5.41) is 2.62. The van der Waals surface area contributed by atoms with Crippen molar-refractivity contribution in [1.29, 1.82) is 0 Å². The van der Waals surface area contributed by atoms with Crippen LogP contribution in [-0.2, 0) is 38.8 Å². The summed E-state index contributed by atoms with van der Waals surface area (Å²) in [6.45, 7) is 2.65. The highest BCUT2D eigenvalue weighted by Gasteiger charge is 2.37. The third kappa shape index (κ3) is 9.39. The Kier molecular flexibility index (Phi) is 12.3. The number of benzene rings is 4. The number of carbonyl (C=O) groups excluding carboxylic acids is 2. The minimum absolute atomic E-state index is 0.0819. The summed E-state index contributed by atoms with van der Waals surface area (Å²) >= 11 is 9.80. The van der Waals surface area contributed by atoms with Gasteiger partial charge >= 0.3 is 6.18 Å². The number of rotatable bonds is 13. The van der Waals surface area contributed by atoms with E-state index >= 15 is 0 Å². The molecule has 48 heavy (non-hydrogen) atoms. The van der Waals surface area contributed by atoms with Gasteiger partial charge in [0.25, 0.3) is 10.0 Å². The van der Waals surface area contributed by atoms with Crippen molar-refractivity contribution in [3.63, 3.8) is 0 Å². The molecule has 0 heterocycles. The van der Waals surface area contributed by atoms with Crippen molar-refractivity contribution >= 4 is 55.1 Å². The molecule has 254 valence electrons. The number of nitrogens with one attached hydrogen (secondary N) is 1. The zero-order chi connectivity index (χ0) is 35.1. The number of halogens is 5. The van der Waals surface area contributed by atoms with Crippen LogP contribution in [-0.4, -0.2) is 43.8 Å². The van der Waals surface area contributed by atoms with Gasteiger partial charge in [0.1, 0.15) is 12.6 Å². The Morgan fingerprint density at radius 3 is 2.12 bits per heavy atom. The summed E-state index contributed by atoms with van der Waals surface area (Å²) in [7, 11) is -4.65. The average molecular weight is 765 g/mol. The average Bonchev–Trinajstić information content (AvgIpc) is 3.05. The van der Waals surface area contributed by atoms with Gasteiger partial charge in [0.15, 0.2) is 0 Å². The van der Waals surface area contributed by atoms with Crippen LogP contribution in [0.5, 0.6) is 0 Å². The van der Waals surface area contributed by atoms with Gasteiger partial charge in [-0.2, -0.15) is 13.2 Å². The smallest absolute Gasteiger partial charge is 0.352 e. The van der Waals surface area contributed by atoms with E-state index in [1.54, 1.807) is 54.6 Å². The van der Waals surface area contributed by atoms with E-state index in [4.69, 9.17) is 11.6 Å². The maximum absolute atomic E-state index is 14.5. The van der Waals surface area contributed by atoms with Crippen molar-refractivity contribution in [3.8, 4) is 0 Å². The number of amides is 2. The molecule has 13 heteroatoms. The summed E-state index contributed by atoms with van der Waals surface area (Å²) < 4.78 is 71.1. The van der Waals surface area contributed by atoms with Gasteiger partial charge in [-0.25, -0.2) is 8.42 Å². The maximum atomic E-state index is 14.5. The van der Waals surface area contributed by atoms with Crippen molar-refractivity contribution < 1.29 is 31.2 Å². The quantitative estimate of drug-likeness (QED) is 0.150. The fourth-order valence-electron chi connectivity index (χ4n) is 4.94. The molecule has 0 aliphatic rings. The normalized spacial score (nSPS) is 13.0. The summed E-state index contributed by atoms with van der Waals surface area (Å²) in [4.78, 5) is 29.5. The second-order valence-corrected chi connectivity index (χ2v) is 14.3. The van der Waals surface area contributed by atoms with Crippen LogP contribution in [0.15, 0.2) is 112 Å². The first-order chi connectivity index (χ1) is 22.7. The van der Waals surface area contributed by atoms with E-state index in [-0.39, 0.29) is 28.9 Å². The molecule has 2 atom stereocenters. The van der Waals surface area contributed by atoms with Crippen LogP contribution in [0.25, 0.3) is 0 Å². The summed E-state index contributed by atoms with van der Waals surface area (Å²) in [6.07, 6.45) is -4.13. The van der Waals surface area contributed by atoms with E-state index in [2.05, 4.69) is 21.2 Å². The van der Waals surface area contributed by atoms with Gasteiger partial charge in [0.2, 0.25) is 11.8 Å². The lowest BCUT2D eigenvalue weighted by Gasteiger charge is -2.34. The third-order valence-electron chi connectivity index (χ3n) is 7.67.